The molecule has 0 N–H and O–H groups in total. The SMILES string of the molecule is O=S(=O)(OC1=CCCCc2c1ccc1c2cnn1C1CCCCO1)C(F)(F)F. The Hall–Kier alpha value is -2.07. The van der Waals surface area contributed by atoms with Crippen LogP contribution in [0.1, 0.15) is 49.5 Å². The predicted octanol–water partition coefficient (Wildman–Crippen LogP) is 4.28. The summed E-state index contributed by atoms with van der Waals surface area (Å²) >= 11 is 0. The van der Waals surface area contributed by atoms with Crippen molar-refractivity contribution < 1.29 is 30.5 Å². The highest BCUT2D eigenvalue weighted by atomic mass is 32.2. The van der Waals surface area contributed by atoms with E-state index in [4.69, 9.17) is 4.74 Å². The highest BCUT2D eigenvalue weighted by Gasteiger charge is 2.49. The molecule has 2 aliphatic rings. The molecule has 1 aliphatic carbocycles. The van der Waals surface area contributed by atoms with Gasteiger partial charge in [-0.15, -0.1) is 0 Å². The molecule has 0 bridgehead atoms. The summed E-state index contributed by atoms with van der Waals surface area (Å²) in [7, 11) is -5.73. The van der Waals surface area contributed by atoms with E-state index in [1.165, 1.54) is 6.08 Å². The topological polar surface area (TPSA) is 70.4 Å². The molecular formula is C18H19F3N2O4S. The maximum atomic E-state index is 12.8. The minimum Gasteiger partial charge on any atom is -0.376 e. The Morgan fingerprint density at radius 2 is 2.04 bits per heavy atom. The zero-order valence-electron chi connectivity index (χ0n) is 14.9. The number of hydrogen-bond acceptors (Lipinski definition) is 5. The van der Waals surface area contributed by atoms with Crippen LogP contribution in [0.15, 0.2) is 24.4 Å². The second-order valence-electron chi connectivity index (χ2n) is 6.88. The third-order valence-electron chi connectivity index (χ3n) is 5.03. The Morgan fingerprint density at radius 3 is 2.75 bits per heavy atom. The highest BCUT2D eigenvalue weighted by molar-refractivity contribution is 7.87. The van der Waals surface area contributed by atoms with Gasteiger partial charge in [0.2, 0.25) is 0 Å². The van der Waals surface area contributed by atoms with Gasteiger partial charge in [-0.1, -0.05) is 0 Å². The van der Waals surface area contributed by atoms with E-state index in [9.17, 15) is 21.6 Å². The van der Waals surface area contributed by atoms with Gasteiger partial charge in [0.25, 0.3) is 0 Å². The first kappa shape index (κ1) is 19.3. The fourth-order valence-electron chi connectivity index (χ4n) is 3.69. The largest absolute Gasteiger partial charge is 0.534 e. The first-order valence-electron chi connectivity index (χ1n) is 9.10. The zero-order valence-corrected chi connectivity index (χ0v) is 15.7. The summed E-state index contributed by atoms with van der Waals surface area (Å²) in [5, 5.41) is 5.20. The lowest BCUT2D eigenvalue weighted by molar-refractivity contribution is -0.0509. The number of fused-ring (bicyclic) bond motifs is 3. The summed E-state index contributed by atoms with van der Waals surface area (Å²) < 4.78 is 73.3. The number of rotatable bonds is 3. The average molecular weight is 416 g/mol. The first-order chi connectivity index (χ1) is 13.3. The number of allylic oxidation sites excluding steroid dienone is 1. The van der Waals surface area contributed by atoms with Crippen LogP contribution in [-0.4, -0.2) is 30.3 Å². The van der Waals surface area contributed by atoms with Crippen molar-refractivity contribution in [2.45, 2.75) is 50.3 Å². The lowest BCUT2D eigenvalue weighted by atomic mass is 9.99. The summed E-state index contributed by atoms with van der Waals surface area (Å²) in [6.45, 7) is 0.660. The quantitative estimate of drug-likeness (QED) is 0.552. The van der Waals surface area contributed by atoms with Crippen LogP contribution in [0, 0.1) is 0 Å². The Kier molecular flexibility index (Phi) is 4.86. The van der Waals surface area contributed by atoms with E-state index >= 15 is 0 Å². The van der Waals surface area contributed by atoms with Gasteiger partial charge in [-0.05, 0) is 62.3 Å². The molecule has 28 heavy (non-hydrogen) atoms. The Balaban J connectivity index is 1.75. The number of hydrogen-bond donors (Lipinski definition) is 0. The maximum Gasteiger partial charge on any atom is 0.534 e. The molecule has 10 heteroatoms. The lowest BCUT2D eigenvalue weighted by Gasteiger charge is -2.23. The number of halogens is 3. The Labute approximate surface area is 160 Å². The molecule has 1 saturated heterocycles. The summed E-state index contributed by atoms with van der Waals surface area (Å²) in [6.07, 6.45) is 7.42. The van der Waals surface area contributed by atoms with E-state index in [2.05, 4.69) is 9.28 Å². The van der Waals surface area contributed by atoms with Crippen LogP contribution in [0.25, 0.3) is 16.7 Å². The van der Waals surface area contributed by atoms with Gasteiger partial charge in [-0.3, -0.25) is 0 Å². The average Bonchev–Trinajstić information content (AvgIpc) is 2.98. The van der Waals surface area contributed by atoms with Gasteiger partial charge in [-0.2, -0.15) is 26.7 Å². The van der Waals surface area contributed by atoms with Gasteiger partial charge in [0, 0.05) is 17.6 Å². The molecule has 1 aromatic carbocycles. The van der Waals surface area contributed by atoms with E-state index in [-0.39, 0.29) is 12.0 Å². The van der Waals surface area contributed by atoms with Gasteiger partial charge in [0.15, 0.2) is 6.23 Å². The molecule has 2 aromatic rings. The lowest BCUT2D eigenvalue weighted by Crippen LogP contribution is -2.25. The van der Waals surface area contributed by atoms with Crippen molar-refractivity contribution in [2.75, 3.05) is 6.61 Å². The molecule has 1 aromatic heterocycles. The van der Waals surface area contributed by atoms with Crippen molar-refractivity contribution >= 4 is 26.8 Å². The Morgan fingerprint density at radius 1 is 1.21 bits per heavy atom. The van der Waals surface area contributed by atoms with Gasteiger partial charge >= 0.3 is 15.6 Å². The Bertz CT molecular complexity index is 1020. The molecule has 152 valence electrons. The van der Waals surface area contributed by atoms with Crippen LogP contribution in [0.3, 0.4) is 0 Å². The van der Waals surface area contributed by atoms with Crippen molar-refractivity contribution in [3.63, 3.8) is 0 Å². The van der Waals surface area contributed by atoms with Gasteiger partial charge in [0.05, 0.1) is 11.7 Å². The fourth-order valence-corrected chi connectivity index (χ4v) is 4.18. The third kappa shape index (κ3) is 3.39. The number of benzene rings is 1. The van der Waals surface area contributed by atoms with Crippen LogP contribution in [-0.2, 0) is 25.5 Å². The summed E-state index contributed by atoms with van der Waals surface area (Å²) in [5.74, 6) is -0.284. The first-order valence-corrected chi connectivity index (χ1v) is 10.5. The standard InChI is InChI=1S/C18H19F3N2O4S/c19-18(20,21)28(24,25)27-16-6-2-1-5-12-13(16)8-9-15-14(12)11-22-23(15)17-7-3-4-10-26-17/h6,8-9,11,17H,1-5,7,10H2. The normalized spacial score (nSPS) is 21.1. The molecule has 0 amide bonds. The summed E-state index contributed by atoms with van der Waals surface area (Å²) in [4.78, 5) is 0. The molecule has 1 unspecified atom stereocenters. The van der Waals surface area contributed by atoms with Crippen LogP contribution < -0.4 is 0 Å². The van der Waals surface area contributed by atoms with Crippen molar-refractivity contribution in [2.24, 2.45) is 0 Å². The fraction of sp³-hybridized carbons (Fsp3) is 0.500. The van der Waals surface area contributed by atoms with Crippen molar-refractivity contribution in [3.05, 3.63) is 35.5 Å². The van der Waals surface area contributed by atoms with Gasteiger partial charge < -0.3 is 8.92 Å². The maximum absolute atomic E-state index is 12.8. The molecule has 4 rings (SSSR count). The van der Waals surface area contributed by atoms with E-state index in [1.807, 2.05) is 0 Å². The van der Waals surface area contributed by atoms with Crippen LogP contribution in [0.5, 0.6) is 0 Å². The highest BCUT2D eigenvalue weighted by Crippen LogP contribution is 2.37. The summed E-state index contributed by atoms with van der Waals surface area (Å²) in [6, 6.07) is 3.32. The number of aromatic nitrogens is 2. The van der Waals surface area contributed by atoms with Crippen molar-refractivity contribution in [1.29, 1.82) is 0 Å². The van der Waals surface area contributed by atoms with Crippen LogP contribution in [0.4, 0.5) is 13.2 Å². The molecule has 0 radical (unpaired) electrons. The second-order valence-corrected chi connectivity index (χ2v) is 8.42. The third-order valence-corrected chi connectivity index (χ3v) is 6.00. The van der Waals surface area contributed by atoms with E-state index < -0.39 is 15.6 Å². The monoisotopic (exact) mass is 416 g/mol. The smallest absolute Gasteiger partial charge is 0.376 e. The van der Waals surface area contributed by atoms with Crippen molar-refractivity contribution in [3.8, 4) is 0 Å². The predicted molar refractivity (Wildman–Crippen MR) is 95.5 cm³/mol. The molecule has 6 nitrogen and oxygen atoms in total. The second kappa shape index (κ2) is 7.07. The molecule has 1 fully saturated rings. The molecule has 1 aliphatic heterocycles. The minimum atomic E-state index is -5.73. The van der Waals surface area contributed by atoms with E-state index in [0.717, 1.165) is 35.7 Å². The van der Waals surface area contributed by atoms with Crippen LogP contribution >= 0.6 is 0 Å². The molecule has 2 heterocycles. The van der Waals surface area contributed by atoms with E-state index in [0.29, 0.717) is 31.4 Å². The zero-order chi connectivity index (χ0) is 19.9. The number of ether oxygens (including phenoxy) is 1. The number of nitrogens with zero attached hydrogens (tertiary/aromatic N) is 2. The molecule has 0 spiro atoms. The molecule has 1 atom stereocenters. The van der Waals surface area contributed by atoms with Gasteiger partial charge in [-0.25, -0.2) is 4.68 Å². The van der Waals surface area contributed by atoms with Crippen LogP contribution in [0.2, 0.25) is 0 Å². The van der Waals surface area contributed by atoms with E-state index in [1.54, 1.807) is 23.0 Å². The molecular weight excluding hydrogens is 397 g/mol. The number of aryl methyl sites for hydroxylation is 1. The minimum absolute atomic E-state index is 0.174. The van der Waals surface area contributed by atoms with Crippen molar-refractivity contribution in [1.82, 2.24) is 9.78 Å². The molecule has 0 saturated carbocycles. The van der Waals surface area contributed by atoms with Gasteiger partial charge in [0.1, 0.15) is 5.76 Å². The summed E-state index contributed by atoms with van der Waals surface area (Å²) in [5.41, 5.74) is -3.58. The number of alkyl halides is 3.